The van der Waals surface area contributed by atoms with Gasteiger partial charge in [-0.3, -0.25) is 4.90 Å². The SMILES string of the molecule is COC(=O)c1ccc(NC(=O)N2CCN(Cc3ccc(OC)c(F)c3)CC2)cc1. The number of piperazine rings is 1. The Hall–Kier alpha value is -3.13. The number of hydrogen-bond donors (Lipinski definition) is 1. The minimum atomic E-state index is -0.421. The Labute approximate surface area is 169 Å². The molecular formula is C21H24FN3O4. The maximum absolute atomic E-state index is 13.8. The van der Waals surface area contributed by atoms with Crippen molar-refractivity contribution >= 4 is 17.7 Å². The predicted molar refractivity (Wildman–Crippen MR) is 107 cm³/mol. The molecule has 0 aliphatic carbocycles. The Kier molecular flexibility index (Phi) is 6.66. The van der Waals surface area contributed by atoms with Crippen molar-refractivity contribution in [2.45, 2.75) is 6.54 Å². The van der Waals surface area contributed by atoms with E-state index in [1.54, 1.807) is 35.2 Å². The summed E-state index contributed by atoms with van der Waals surface area (Å²) >= 11 is 0. The molecule has 2 amide bonds. The average molecular weight is 401 g/mol. The number of anilines is 1. The van der Waals surface area contributed by atoms with Gasteiger partial charge in [-0.15, -0.1) is 0 Å². The number of carbonyl (C=O) groups is 2. The number of rotatable bonds is 5. The molecule has 7 nitrogen and oxygen atoms in total. The van der Waals surface area contributed by atoms with Crippen LogP contribution in [0.4, 0.5) is 14.9 Å². The summed E-state index contributed by atoms with van der Waals surface area (Å²) in [4.78, 5) is 27.8. The Morgan fingerprint density at radius 2 is 1.72 bits per heavy atom. The monoisotopic (exact) mass is 401 g/mol. The Morgan fingerprint density at radius 1 is 1.03 bits per heavy atom. The Bertz CT molecular complexity index is 865. The summed E-state index contributed by atoms with van der Waals surface area (Å²) in [5.74, 6) is -0.563. The summed E-state index contributed by atoms with van der Waals surface area (Å²) in [5, 5.41) is 2.83. The third-order valence-electron chi connectivity index (χ3n) is 4.84. The maximum Gasteiger partial charge on any atom is 0.337 e. The van der Waals surface area contributed by atoms with Gasteiger partial charge < -0.3 is 19.7 Å². The predicted octanol–water partition coefficient (Wildman–Crippen LogP) is 2.97. The van der Waals surface area contributed by atoms with E-state index in [9.17, 15) is 14.0 Å². The summed E-state index contributed by atoms with van der Waals surface area (Å²) in [5.41, 5.74) is 1.90. The molecule has 1 aliphatic heterocycles. The molecule has 0 spiro atoms. The first-order valence-corrected chi connectivity index (χ1v) is 9.29. The molecular weight excluding hydrogens is 377 g/mol. The summed E-state index contributed by atoms with van der Waals surface area (Å²) in [7, 11) is 2.76. The van der Waals surface area contributed by atoms with E-state index in [4.69, 9.17) is 4.74 Å². The normalized spacial score (nSPS) is 14.4. The van der Waals surface area contributed by atoms with Crippen LogP contribution in [0.15, 0.2) is 42.5 Å². The van der Waals surface area contributed by atoms with Crippen LogP contribution in [0, 0.1) is 5.82 Å². The lowest BCUT2D eigenvalue weighted by Gasteiger charge is -2.34. The lowest BCUT2D eigenvalue weighted by molar-refractivity contribution is 0.0600. The van der Waals surface area contributed by atoms with Crippen molar-refractivity contribution in [3.8, 4) is 5.75 Å². The molecule has 0 radical (unpaired) electrons. The number of urea groups is 1. The van der Waals surface area contributed by atoms with E-state index in [0.717, 1.165) is 5.56 Å². The minimum absolute atomic E-state index is 0.189. The van der Waals surface area contributed by atoms with Gasteiger partial charge in [0.25, 0.3) is 0 Å². The first-order valence-electron chi connectivity index (χ1n) is 9.29. The lowest BCUT2D eigenvalue weighted by Crippen LogP contribution is -2.49. The van der Waals surface area contributed by atoms with Crippen molar-refractivity contribution in [2.24, 2.45) is 0 Å². The van der Waals surface area contributed by atoms with Gasteiger partial charge in [0.05, 0.1) is 19.8 Å². The van der Waals surface area contributed by atoms with Gasteiger partial charge >= 0.3 is 12.0 Å². The summed E-state index contributed by atoms with van der Waals surface area (Å²) in [6.45, 7) is 3.16. The summed E-state index contributed by atoms with van der Waals surface area (Å²) in [6, 6.07) is 11.3. The molecule has 0 atom stereocenters. The number of nitrogens with zero attached hydrogens (tertiary/aromatic N) is 2. The van der Waals surface area contributed by atoms with Crippen LogP contribution in [-0.4, -0.2) is 62.2 Å². The Morgan fingerprint density at radius 3 is 2.31 bits per heavy atom. The minimum Gasteiger partial charge on any atom is -0.494 e. The van der Waals surface area contributed by atoms with E-state index in [1.165, 1.54) is 20.3 Å². The van der Waals surface area contributed by atoms with E-state index in [1.807, 2.05) is 6.07 Å². The van der Waals surface area contributed by atoms with Crippen LogP contribution in [0.5, 0.6) is 5.75 Å². The van der Waals surface area contributed by atoms with Gasteiger partial charge in [0.15, 0.2) is 11.6 Å². The van der Waals surface area contributed by atoms with Crippen LogP contribution in [0.25, 0.3) is 0 Å². The van der Waals surface area contributed by atoms with Crippen molar-refractivity contribution in [1.29, 1.82) is 0 Å². The van der Waals surface area contributed by atoms with Crippen molar-refractivity contribution in [3.63, 3.8) is 0 Å². The fraction of sp³-hybridized carbons (Fsp3) is 0.333. The van der Waals surface area contributed by atoms with Crippen LogP contribution in [0.2, 0.25) is 0 Å². The van der Waals surface area contributed by atoms with Crippen LogP contribution in [-0.2, 0) is 11.3 Å². The van der Waals surface area contributed by atoms with Crippen LogP contribution >= 0.6 is 0 Å². The number of methoxy groups -OCH3 is 2. The molecule has 1 aliphatic rings. The van der Waals surface area contributed by atoms with E-state index >= 15 is 0 Å². The van der Waals surface area contributed by atoms with Gasteiger partial charge in [0.2, 0.25) is 0 Å². The molecule has 1 saturated heterocycles. The summed E-state index contributed by atoms with van der Waals surface area (Å²) in [6.07, 6.45) is 0. The molecule has 1 N–H and O–H groups in total. The molecule has 2 aromatic rings. The third kappa shape index (κ3) is 5.23. The highest BCUT2D eigenvalue weighted by Gasteiger charge is 2.21. The summed E-state index contributed by atoms with van der Waals surface area (Å²) < 4.78 is 23.4. The third-order valence-corrected chi connectivity index (χ3v) is 4.84. The molecule has 0 bridgehead atoms. The van der Waals surface area contributed by atoms with Crippen molar-refractivity contribution in [3.05, 3.63) is 59.4 Å². The topological polar surface area (TPSA) is 71.1 Å². The van der Waals surface area contributed by atoms with Gasteiger partial charge in [-0.05, 0) is 42.0 Å². The van der Waals surface area contributed by atoms with Crippen molar-refractivity contribution in [1.82, 2.24) is 9.80 Å². The highest BCUT2D eigenvalue weighted by atomic mass is 19.1. The number of nitrogens with one attached hydrogen (secondary N) is 1. The fourth-order valence-corrected chi connectivity index (χ4v) is 3.19. The molecule has 1 fully saturated rings. The molecule has 0 aromatic heterocycles. The second-order valence-corrected chi connectivity index (χ2v) is 6.73. The molecule has 3 rings (SSSR count). The zero-order valence-electron chi connectivity index (χ0n) is 16.5. The highest BCUT2D eigenvalue weighted by molar-refractivity contribution is 5.92. The van der Waals surface area contributed by atoms with Gasteiger partial charge in [-0.25, -0.2) is 14.0 Å². The first-order chi connectivity index (χ1) is 14.0. The average Bonchev–Trinajstić information content (AvgIpc) is 2.74. The zero-order chi connectivity index (χ0) is 20.8. The highest BCUT2D eigenvalue weighted by Crippen LogP contribution is 2.19. The maximum atomic E-state index is 13.8. The van der Waals surface area contributed by atoms with E-state index in [-0.39, 0.29) is 17.6 Å². The number of ether oxygens (including phenoxy) is 2. The van der Waals surface area contributed by atoms with Gasteiger partial charge in [0.1, 0.15) is 0 Å². The first kappa shape index (κ1) is 20.6. The quantitative estimate of drug-likeness (QED) is 0.780. The largest absolute Gasteiger partial charge is 0.494 e. The van der Waals surface area contributed by atoms with E-state index in [0.29, 0.717) is 44.0 Å². The standard InChI is InChI=1S/C21H24FN3O4/c1-28-19-8-3-15(13-18(19)22)14-24-9-11-25(12-10-24)21(27)23-17-6-4-16(5-7-17)20(26)29-2/h3-8,13H,9-12,14H2,1-2H3,(H,23,27). The number of halogens is 1. The number of esters is 1. The van der Waals surface area contributed by atoms with Crippen LogP contribution < -0.4 is 10.1 Å². The molecule has 1 heterocycles. The molecule has 0 unspecified atom stereocenters. The van der Waals surface area contributed by atoms with Crippen molar-refractivity contribution in [2.75, 3.05) is 45.7 Å². The molecule has 8 heteroatoms. The van der Waals surface area contributed by atoms with Crippen LogP contribution in [0.3, 0.4) is 0 Å². The molecule has 29 heavy (non-hydrogen) atoms. The van der Waals surface area contributed by atoms with Gasteiger partial charge in [-0.2, -0.15) is 0 Å². The van der Waals surface area contributed by atoms with Crippen molar-refractivity contribution < 1.29 is 23.5 Å². The van der Waals surface area contributed by atoms with Gasteiger partial charge in [-0.1, -0.05) is 6.07 Å². The van der Waals surface area contributed by atoms with E-state index in [2.05, 4.69) is 15.0 Å². The zero-order valence-corrected chi connectivity index (χ0v) is 16.5. The number of hydrogen-bond acceptors (Lipinski definition) is 5. The number of carbonyl (C=O) groups excluding carboxylic acids is 2. The smallest absolute Gasteiger partial charge is 0.337 e. The molecule has 2 aromatic carbocycles. The van der Waals surface area contributed by atoms with E-state index < -0.39 is 5.97 Å². The second kappa shape index (κ2) is 9.38. The lowest BCUT2D eigenvalue weighted by atomic mass is 10.2. The number of amides is 2. The van der Waals surface area contributed by atoms with Crippen LogP contribution in [0.1, 0.15) is 15.9 Å². The molecule has 154 valence electrons. The second-order valence-electron chi connectivity index (χ2n) is 6.73. The van der Waals surface area contributed by atoms with Gasteiger partial charge in [0, 0.05) is 38.4 Å². The fourth-order valence-electron chi connectivity index (χ4n) is 3.19. The Balaban J connectivity index is 1.49. The molecule has 0 saturated carbocycles. The number of benzene rings is 2.